The van der Waals surface area contributed by atoms with Crippen LogP contribution in [0, 0.1) is 0 Å². The number of aromatic nitrogens is 2. The maximum absolute atomic E-state index is 12.9. The van der Waals surface area contributed by atoms with E-state index in [-0.39, 0.29) is 24.4 Å². The van der Waals surface area contributed by atoms with E-state index in [0.717, 1.165) is 24.1 Å². The summed E-state index contributed by atoms with van der Waals surface area (Å²) in [5, 5.41) is 0. The molecule has 126 valence electrons. The molecule has 4 rings (SSSR count). The second kappa shape index (κ2) is 6.14. The van der Waals surface area contributed by atoms with Crippen LogP contribution in [0.5, 0.6) is 5.75 Å². The Morgan fingerprint density at radius 3 is 2.88 bits per heavy atom. The minimum atomic E-state index is -3.38. The number of para-hydroxylation sites is 1. The van der Waals surface area contributed by atoms with Crippen LogP contribution in [0.3, 0.4) is 0 Å². The number of hydrogen-bond donors (Lipinski definition) is 0. The van der Waals surface area contributed by atoms with Crippen molar-refractivity contribution in [1.82, 2.24) is 14.3 Å². The van der Waals surface area contributed by atoms with Gasteiger partial charge in [0.25, 0.3) is 0 Å². The first kappa shape index (κ1) is 15.5. The Morgan fingerprint density at radius 2 is 2.04 bits per heavy atom. The van der Waals surface area contributed by atoms with Gasteiger partial charge >= 0.3 is 0 Å². The van der Waals surface area contributed by atoms with Gasteiger partial charge in [-0.3, -0.25) is 0 Å². The number of benzene rings is 1. The second-order valence-electron chi connectivity index (χ2n) is 6.18. The Hall–Kier alpha value is -1.99. The lowest BCUT2D eigenvalue weighted by atomic mass is 10.0. The highest BCUT2D eigenvalue weighted by Gasteiger charge is 2.46. The zero-order valence-corrected chi connectivity index (χ0v) is 14.0. The fraction of sp³-hybridized carbons (Fsp3) is 0.412. The maximum atomic E-state index is 12.9. The quantitative estimate of drug-likeness (QED) is 0.828. The summed E-state index contributed by atoms with van der Waals surface area (Å²) in [4.78, 5) is 8.40. The summed E-state index contributed by atoms with van der Waals surface area (Å²) < 4.78 is 32.9. The monoisotopic (exact) mass is 345 g/mol. The highest BCUT2D eigenvalue weighted by molar-refractivity contribution is 7.89. The molecule has 1 aromatic carbocycles. The molecule has 3 heterocycles. The molecule has 7 heteroatoms. The molecular weight excluding hydrogens is 326 g/mol. The van der Waals surface area contributed by atoms with Gasteiger partial charge in [-0.2, -0.15) is 4.31 Å². The Labute approximate surface area is 141 Å². The average molecular weight is 345 g/mol. The van der Waals surface area contributed by atoms with Crippen LogP contribution >= 0.6 is 0 Å². The summed E-state index contributed by atoms with van der Waals surface area (Å²) in [7, 11) is -3.38. The molecule has 0 radical (unpaired) electrons. The lowest BCUT2D eigenvalue weighted by Gasteiger charge is -2.34. The van der Waals surface area contributed by atoms with Crippen molar-refractivity contribution < 1.29 is 13.2 Å². The van der Waals surface area contributed by atoms with E-state index in [1.165, 1.54) is 6.33 Å². The predicted octanol–water partition coefficient (Wildman–Crippen LogP) is 1.95. The van der Waals surface area contributed by atoms with Crippen molar-refractivity contribution >= 4 is 10.0 Å². The molecule has 2 aromatic rings. The molecule has 2 bridgehead atoms. The molecule has 6 nitrogen and oxygen atoms in total. The van der Waals surface area contributed by atoms with E-state index in [9.17, 15) is 8.42 Å². The van der Waals surface area contributed by atoms with Crippen LogP contribution in [-0.2, 0) is 16.4 Å². The highest BCUT2D eigenvalue weighted by Crippen LogP contribution is 2.44. The number of nitrogens with zero attached hydrogens (tertiary/aromatic N) is 3. The van der Waals surface area contributed by atoms with E-state index in [0.29, 0.717) is 12.2 Å². The SMILES string of the molecule is O=S(=O)(CCOc1ccccc1)N1C2CCC1c1cncnc1C2. The molecule has 1 aromatic heterocycles. The van der Waals surface area contributed by atoms with E-state index in [4.69, 9.17) is 4.74 Å². The minimum absolute atomic E-state index is 0.0131. The summed E-state index contributed by atoms with van der Waals surface area (Å²) in [5.41, 5.74) is 1.95. The first-order chi connectivity index (χ1) is 11.6. The summed E-state index contributed by atoms with van der Waals surface area (Å²) in [5.74, 6) is 0.672. The number of ether oxygens (including phenoxy) is 1. The zero-order valence-electron chi connectivity index (χ0n) is 13.2. The van der Waals surface area contributed by atoms with E-state index in [1.54, 1.807) is 10.5 Å². The fourth-order valence-corrected chi connectivity index (χ4v) is 5.44. The summed E-state index contributed by atoms with van der Waals surface area (Å²) in [6.07, 6.45) is 5.68. The van der Waals surface area contributed by atoms with Crippen molar-refractivity contribution in [2.24, 2.45) is 0 Å². The minimum Gasteiger partial charge on any atom is -0.492 e. The third-order valence-electron chi connectivity index (χ3n) is 4.73. The molecule has 0 amide bonds. The van der Waals surface area contributed by atoms with Crippen molar-refractivity contribution in [3.05, 3.63) is 54.1 Å². The van der Waals surface area contributed by atoms with Crippen molar-refractivity contribution in [3.8, 4) is 5.75 Å². The molecule has 0 spiro atoms. The van der Waals surface area contributed by atoms with Crippen LogP contribution in [0.4, 0.5) is 0 Å². The van der Waals surface area contributed by atoms with Crippen LogP contribution in [-0.4, -0.2) is 41.1 Å². The lowest BCUT2D eigenvalue weighted by Crippen LogP contribution is -2.44. The second-order valence-corrected chi connectivity index (χ2v) is 8.18. The Bertz CT molecular complexity index is 826. The highest BCUT2D eigenvalue weighted by atomic mass is 32.2. The van der Waals surface area contributed by atoms with Crippen LogP contribution < -0.4 is 4.74 Å². The first-order valence-corrected chi connectivity index (χ1v) is 9.74. The normalized spacial score (nSPS) is 23.0. The molecule has 2 atom stereocenters. The van der Waals surface area contributed by atoms with E-state index >= 15 is 0 Å². The topological polar surface area (TPSA) is 72.4 Å². The number of hydrogen-bond acceptors (Lipinski definition) is 5. The van der Waals surface area contributed by atoms with Gasteiger partial charge < -0.3 is 4.74 Å². The summed E-state index contributed by atoms with van der Waals surface area (Å²) >= 11 is 0. The third kappa shape index (κ3) is 2.78. The molecular formula is C17H19N3O3S. The molecule has 0 N–H and O–H groups in total. The standard InChI is InChI=1S/C17H19N3O3S/c21-24(22,9-8-23-14-4-2-1-3-5-14)20-13-6-7-17(20)15-11-18-12-19-16(15)10-13/h1-5,11-13,17H,6-10H2. The van der Waals surface area contributed by atoms with Gasteiger partial charge in [0.1, 0.15) is 18.7 Å². The Kier molecular flexibility index (Phi) is 3.97. The van der Waals surface area contributed by atoms with Crippen LogP contribution in [0.2, 0.25) is 0 Å². The van der Waals surface area contributed by atoms with Gasteiger partial charge in [0.2, 0.25) is 10.0 Å². The zero-order chi connectivity index (χ0) is 16.6. The van der Waals surface area contributed by atoms with Gasteiger partial charge in [-0.25, -0.2) is 18.4 Å². The molecule has 2 aliphatic rings. The molecule has 0 saturated carbocycles. The van der Waals surface area contributed by atoms with Crippen molar-refractivity contribution in [1.29, 1.82) is 0 Å². The molecule has 1 saturated heterocycles. The first-order valence-electron chi connectivity index (χ1n) is 8.13. The van der Waals surface area contributed by atoms with Gasteiger partial charge in [0.05, 0.1) is 17.5 Å². The number of fused-ring (bicyclic) bond motifs is 4. The van der Waals surface area contributed by atoms with Crippen LogP contribution in [0.1, 0.15) is 30.1 Å². The average Bonchev–Trinajstić information content (AvgIpc) is 2.92. The van der Waals surface area contributed by atoms with Gasteiger partial charge in [-0.05, 0) is 25.0 Å². The molecule has 2 aliphatic heterocycles. The van der Waals surface area contributed by atoms with E-state index < -0.39 is 10.0 Å². The molecule has 24 heavy (non-hydrogen) atoms. The predicted molar refractivity (Wildman–Crippen MR) is 89.1 cm³/mol. The molecule has 2 unspecified atom stereocenters. The fourth-order valence-electron chi connectivity index (χ4n) is 3.69. The Morgan fingerprint density at radius 1 is 1.21 bits per heavy atom. The van der Waals surface area contributed by atoms with Gasteiger partial charge in [0, 0.05) is 24.2 Å². The molecule has 0 aliphatic carbocycles. The van der Waals surface area contributed by atoms with Gasteiger partial charge in [-0.15, -0.1) is 0 Å². The third-order valence-corrected chi connectivity index (χ3v) is 6.61. The van der Waals surface area contributed by atoms with Crippen molar-refractivity contribution in [2.45, 2.75) is 31.3 Å². The smallest absolute Gasteiger partial charge is 0.218 e. The molecule has 1 fully saturated rings. The van der Waals surface area contributed by atoms with Crippen LogP contribution in [0.25, 0.3) is 0 Å². The Balaban J connectivity index is 1.49. The van der Waals surface area contributed by atoms with Crippen molar-refractivity contribution in [2.75, 3.05) is 12.4 Å². The van der Waals surface area contributed by atoms with E-state index in [1.807, 2.05) is 30.3 Å². The number of sulfonamides is 1. The lowest BCUT2D eigenvalue weighted by molar-refractivity contribution is 0.291. The maximum Gasteiger partial charge on any atom is 0.218 e. The largest absolute Gasteiger partial charge is 0.492 e. The summed E-state index contributed by atoms with van der Waals surface area (Å²) in [6, 6.07) is 9.17. The van der Waals surface area contributed by atoms with Crippen LogP contribution in [0.15, 0.2) is 42.9 Å². The van der Waals surface area contributed by atoms with Crippen molar-refractivity contribution in [3.63, 3.8) is 0 Å². The van der Waals surface area contributed by atoms with E-state index in [2.05, 4.69) is 9.97 Å². The van der Waals surface area contributed by atoms with Gasteiger partial charge in [-0.1, -0.05) is 18.2 Å². The number of rotatable bonds is 5. The summed E-state index contributed by atoms with van der Waals surface area (Å²) in [6.45, 7) is 0.153. The van der Waals surface area contributed by atoms with Gasteiger partial charge in [0.15, 0.2) is 0 Å².